The minimum absolute atomic E-state index is 0.113. The van der Waals surface area contributed by atoms with Gasteiger partial charge in [0.1, 0.15) is 5.82 Å². The van der Waals surface area contributed by atoms with Gasteiger partial charge in [-0.25, -0.2) is 0 Å². The number of rotatable bonds is 6. The number of amides is 1. The molecule has 0 fully saturated rings. The highest BCUT2D eigenvalue weighted by molar-refractivity contribution is 7.12. The van der Waals surface area contributed by atoms with E-state index in [0.717, 1.165) is 6.42 Å². The SMILES string of the molecule is CCC(=O)Nc1nc(C)nc(NC(CC)c2cc(C)sc2C)n1. The average molecular weight is 333 g/mol. The van der Waals surface area contributed by atoms with Crippen LogP contribution in [0.3, 0.4) is 0 Å². The van der Waals surface area contributed by atoms with Gasteiger partial charge in [0.2, 0.25) is 17.8 Å². The van der Waals surface area contributed by atoms with Crippen LogP contribution in [0.1, 0.15) is 53.9 Å². The number of hydrogen-bond acceptors (Lipinski definition) is 6. The lowest BCUT2D eigenvalue weighted by molar-refractivity contribution is -0.115. The summed E-state index contributed by atoms with van der Waals surface area (Å²) in [5.74, 6) is 1.24. The number of hydrogen-bond donors (Lipinski definition) is 2. The maximum atomic E-state index is 11.5. The zero-order valence-electron chi connectivity index (χ0n) is 14.2. The number of nitrogens with zero attached hydrogens (tertiary/aromatic N) is 3. The zero-order chi connectivity index (χ0) is 17.0. The summed E-state index contributed by atoms with van der Waals surface area (Å²) in [6.45, 7) is 9.94. The fourth-order valence-corrected chi connectivity index (χ4v) is 3.36. The van der Waals surface area contributed by atoms with Crippen LogP contribution in [0.25, 0.3) is 0 Å². The monoisotopic (exact) mass is 333 g/mol. The molecule has 2 rings (SSSR count). The van der Waals surface area contributed by atoms with Crippen LogP contribution in [-0.4, -0.2) is 20.9 Å². The molecular weight excluding hydrogens is 310 g/mol. The summed E-state index contributed by atoms with van der Waals surface area (Å²) in [6.07, 6.45) is 1.30. The quantitative estimate of drug-likeness (QED) is 0.841. The van der Waals surface area contributed by atoms with Crippen LogP contribution < -0.4 is 10.6 Å². The second-order valence-corrected chi connectivity index (χ2v) is 6.87. The van der Waals surface area contributed by atoms with Gasteiger partial charge in [-0.05, 0) is 38.8 Å². The molecule has 0 bridgehead atoms. The number of thiophene rings is 1. The summed E-state index contributed by atoms with van der Waals surface area (Å²) in [5.41, 5.74) is 1.27. The van der Waals surface area contributed by atoms with Gasteiger partial charge >= 0.3 is 0 Å². The van der Waals surface area contributed by atoms with Gasteiger partial charge in [-0.2, -0.15) is 15.0 Å². The van der Waals surface area contributed by atoms with Crippen LogP contribution >= 0.6 is 11.3 Å². The minimum Gasteiger partial charge on any atom is -0.347 e. The lowest BCUT2D eigenvalue weighted by Gasteiger charge is -2.17. The number of aromatic nitrogens is 3. The molecule has 0 saturated heterocycles. The molecule has 2 aromatic heterocycles. The van der Waals surface area contributed by atoms with E-state index in [1.54, 1.807) is 25.2 Å². The second-order valence-electron chi connectivity index (χ2n) is 5.41. The van der Waals surface area contributed by atoms with Crippen LogP contribution in [0, 0.1) is 20.8 Å². The van der Waals surface area contributed by atoms with E-state index in [1.165, 1.54) is 15.3 Å². The third-order valence-corrected chi connectivity index (χ3v) is 4.47. The molecule has 0 radical (unpaired) electrons. The van der Waals surface area contributed by atoms with Crippen molar-refractivity contribution in [2.45, 2.75) is 53.5 Å². The minimum atomic E-state index is -0.113. The maximum absolute atomic E-state index is 11.5. The molecule has 0 aromatic carbocycles. The van der Waals surface area contributed by atoms with Crippen LogP contribution in [0.2, 0.25) is 0 Å². The fourth-order valence-electron chi connectivity index (χ4n) is 2.37. The Morgan fingerprint density at radius 2 is 1.87 bits per heavy atom. The van der Waals surface area contributed by atoms with E-state index < -0.39 is 0 Å². The lowest BCUT2D eigenvalue weighted by Crippen LogP contribution is -2.17. The van der Waals surface area contributed by atoms with Crippen molar-refractivity contribution in [3.63, 3.8) is 0 Å². The molecule has 0 aliphatic heterocycles. The van der Waals surface area contributed by atoms with Gasteiger partial charge in [0.15, 0.2) is 0 Å². The second kappa shape index (κ2) is 7.50. The van der Waals surface area contributed by atoms with E-state index in [-0.39, 0.29) is 11.9 Å². The van der Waals surface area contributed by atoms with E-state index in [1.807, 2.05) is 0 Å². The molecule has 2 heterocycles. The van der Waals surface area contributed by atoms with Gasteiger partial charge in [-0.15, -0.1) is 11.3 Å². The van der Waals surface area contributed by atoms with Crippen molar-refractivity contribution in [2.24, 2.45) is 0 Å². The average Bonchev–Trinajstić information content (AvgIpc) is 2.82. The Balaban J connectivity index is 2.23. The summed E-state index contributed by atoms with van der Waals surface area (Å²) in [4.78, 5) is 26.9. The van der Waals surface area contributed by atoms with Crippen molar-refractivity contribution in [1.29, 1.82) is 0 Å². The van der Waals surface area contributed by atoms with Crippen LogP contribution in [0.4, 0.5) is 11.9 Å². The highest BCUT2D eigenvalue weighted by atomic mass is 32.1. The summed E-state index contributed by atoms with van der Waals surface area (Å²) < 4.78 is 0. The summed E-state index contributed by atoms with van der Waals surface area (Å²) in [6, 6.07) is 2.34. The van der Waals surface area contributed by atoms with Crippen molar-refractivity contribution in [3.8, 4) is 0 Å². The molecule has 0 aliphatic carbocycles. The molecule has 0 aliphatic rings. The Labute approximate surface area is 140 Å². The number of aryl methyl sites for hydroxylation is 3. The van der Waals surface area contributed by atoms with Gasteiger partial charge in [-0.1, -0.05) is 13.8 Å². The van der Waals surface area contributed by atoms with E-state index in [0.29, 0.717) is 24.1 Å². The van der Waals surface area contributed by atoms with E-state index >= 15 is 0 Å². The summed E-state index contributed by atoms with van der Waals surface area (Å²) in [5, 5.41) is 6.05. The van der Waals surface area contributed by atoms with Crippen molar-refractivity contribution in [3.05, 3.63) is 27.2 Å². The number of anilines is 2. The first-order valence-corrected chi connectivity index (χ1v) is 8.60. The fraction of sp³-hybridized carbons (Fsp3) is 0.500. The molecule has 0 spiro atoms. The largest absolute Gasteiger partial charge is 0.347 e. The predicted octanol–water partition coefficient (Wildman–Crippen LogP) is 3.77. The van der Waals surface area contributed by atoms with E-state index in [2.05, 4.69) is 52.4 Å². The number of nitrogens with one attached hydrogen (secondary N) is 2. The Morgan fingerprint density at radius 3 is 2.43 bits per heavy atom. The van der Waals surface area contributed by atoms with E-state index in [4.69, 9.17) is 0 Å². The third kappa shape index (κ3) is 4.48. The summed E-state index contributed by atoms with van der Waals surface area (Å²) in [7, 11) is 0. The van der Waals surface area contributed by atoms with Crippen molar-refractivity contribution < 1.29 is 4.79 Å². The van der Waals surface area contributed by atoms with Crippen LogP contribution in [0.15, 0.2) is 6.07 Å². The highest BCUT2D eigenvalue weighted by Gasteiger charge is 2.16. The number of carbonyl (C=O) groups is 1. The van der Waals surface area contributed by atoms with Crippen molar-refractivity contribution in [1.82, 2.24) is 15.0 Å². The van der Waals surface area contributed by atoms with Crippen LogP contribution in [-0.2, 0) is 4.79 Å². The lowest BCUT2D eigenvalue weighted by atomic mass is 10.1. The first kappa shape index (κ1) is 17.3. The summed E-state index contributed by atoms with van der Waals surface area (Å²) >= 11 is 1.79. The normalized spacial score (nSPS) is 12.0. The van der Waals surface area contributed by atoms with Gasteiger partial charge in [-0.3, -0.25) is 10.1 Å². The molecular formula is C16H23N5OS. The van der Waals surface area contributed by atoms with E-state index in [9.17, 15) is 4.79 Å². The first-order chi connectivity index (χ1) is 10.9. The third-order valence-electron chi connectivity index (χ3n) is 3.49. The topological polar surface area (TPSA) is 79.8 Å². The standard InChI is InChI=1S/C16H23N5OS/c1-6-13(12-8-9(3)23-10(12)4)19-15-17-11(5)18-16(21-15)20-14(22)7-2/h8,13H,6-7H2,1-5H3,(H2,17,18,19,20,21,22). The maximum Gasteiger partial charge on any atom is 0.234 e. The molecule has 23 heavy (non-hydrogen) atoms. The molecule has 2 N–H and O–H groups in total. The molecule has 2 aromatic rings. The Hall–Kier alpha value is -2.02. The Kier molecular flexibility index (Phi) is 5.65. The molecule has 0 saturated carbocycles. The van der Waals surface area contributed by atoms with Gasteiger partial charge < -0.3 is 5.32 Å². The number of carbonyl (C=O) groups excluding carboxylic acids is 1. The molecule has 6 nitrogen and oxygen atoms in total. The van der Waals surface area contributed by atoms with Crippen LogP contribution in [0.5, 0.6) is 0 Å². The predicted molar refractivity (Wildman–Crippen MR) is 93.9 cm³/mol. The Bertz CT molecular complexity index is 698. The molecule has 1 amide bonds. The smallest absolute Gasteiger partial charge is 0.234 e. The molecule has 1 unspecified atom stereocenters. The van der Waals surface area contributed by atoms with Crippen molar-refractivity contribution in [2.75, 3.05) is 10.6 Å². The van der Waals surface area contributed by atoms with Gasteiger partial charge in [0.25, 0.3) is 0 Å². The Morgan fingerprint density at radius 1 is 1.17 bits per heavy atom. The molecule has 1 atom stereocenters. The molecule has 7 heteroatoms. The zero-order valence-corrected chi connectivity index (χ0v) is 15.0. The highest BCUT2D eigenvalue weighted by Crippen LogP contribution is 2.30. The first-order valence-electron chi connectivity index (χ1n) is 7.78. The van der Waals surface area contributed by atoms with Crippen molar-refractivity contribution >= 4 is 29.1 Å². The molecule has 124 valence electrons. The van der Waals surface area contributed by atoms with Gasteiger partial charge in [0, 0.05) is 16.2 Å². The van der Waals surface area contributed by atoms with Gasteiger partial charge in [0.05, 0.1) is 6.04 Å².